The van der Waals surface area contributed by atoms with Gasteiger partial charge in [0.05, 0.1) is 23.1 Å². The minimum atomic E-state index is -4.46. The number of alkyl halides is 3. The van der Waals surface area contributed by atoms with Gasteiger partial charge >= 0.3 is 12.1 Å². The molecule has 1 aromatic carbocycles. The molecule has 1 aromatic heterocycles. The zero-order valence-electron chi connectivity index (χ0n) is 15.6. The van der Waals surface area contributed by atoms with Crippen molar-refractivity contribution in [2.24, 2.45) is 0 Å². The third-order valence-corrected chi connectivity index (χ3v) is 4.63. The Morgan fingerprint density at radius 2 is 2.03 bits per heavy atom. The molecule has 0 spiro atoms. The lowest BCUT2D eigenvalue weighted by Crippen LogP contribution is -2.15. The van der Waals surface area contributed by atoms with Crippen molar-refractivity contribution in [2.45, 2.75) is 25.4 Å². The van der Waals surface area contributed by atoms with Crippen molar-refractivity contribution in [3.05, 3.63) is 64.5 Å². The van der Waals surface area contributed by atoms with Crippen LogP contribution in [-0.4, -0.2) is 27.6 Å². The van der Waals surface area contributed by atoms with E-state index in [-0.39, 0.29) is 18.2 Å². The Bertz CT molecular complexity index is 1010. The largest absolute Gasteiger partial charge is 0.480 e. The molecule has 6 nitrogen and oxygen atoms in total. The molecule has 0 bridgehead atoms. The van der Waals surface area contributed by atoms with Crippen LogP contribution in [0.4, 0.5) is 30.5 Å². The first-order valence-corrected chi connectivity index (χ1v) is 9.38. The number of benzene rings is 1. The lowest BCUT2D eigenvalue weighted by atomic mass is 9.99. The van der Waals surface area contributed by atoms with Crippen LogP contribution in [0.25, 0.3) is 0 Å². The second-order valence-electron chi connectivity index (χ2n) is 6.62. The maximum absolute atomic E-state index is 13.0. The monoisotopic (exact) mass is 438 g/mol. The van der Waals surface area contributed by atoms with Gasteiger partial charge in [-0.15, -0.1) is 0 Å². The predicted octanol–water partition coefficient (Wildman–Crippen LogP) is 5.12. The Labute approximate surface area is 175 Å². The third kappa shape index (κ3) is 5.96. The van der Waals surface area contributed by atoms with Crippen molar-refractivity contribution in [3.8, 4) is 0 Å². The van der Waals surface area contributed by atoms with Crippen molar-refractivity contribution < 1.29 is 23.1 Å². The van der Waals surface area contributed by atoms with Crippen LogP contribution in [0.5, 0.6) is 0 Å². The zero-order valence-corrected chi connectivity index (χ0v) is 16.4. The highest BCUT2D eigenvalue weighted by atomic mass is 35.5. The van der Waals surface area contributed by atoms with Gasteiger partial charge in [-0.3, -0.25) is 4.79 Å². The van der Waals surface area contributed by atoms with Crippen LogP contribution in [0.3, 0.4) is 0 Å². The van der Waals surface area contributed by atoms with Gasteiger partial charge in [0.25, 0.3) is 0 Å². The summed E-state index contributed by atoms with van der Waals surface area (Å²) in [5, 5.41) is 15.1. The van der Waals surface area contributed by atoms with Gasteiger partial charge in [0.15, 0.2) is 0 Å². The fourth-order valence-electron chi connectivity index (χ4n) is 2.84. The number of carboxylic acids is 1. The molecule has 0 fully saturated rings. The van der Waals surface area contributed by atoms with Gasteiger partial charge in [-0.05, 0) is 37.1 Å². The Morgan fingerprint density at radius 3 is 2.70 bits per heavy atom. The summed E-state index contributed by atoms with van der Waals surface area (Å²) < 4.78 is 39.0. The molecular weight excluding hydrogens is 421 g/mol. The zero-order chi connectivity index (χ0) is 21.7. The van der Waals surface area contributed by atoms with E-state index in [0.717, 1.165) is 29.2 Å². The van der Waals surface area contributed by atoms with Gasteiger partial charge < -0.3 is 15.7 Å². The summed E-state index contributed by atoms with van der Waals surface area (Å²) in [7, 11) is 0. The summed E-state index contributed by atoms with van der Waals surface area (Å²) in [6.07, 6.45) is 2.46. The molecule has 0 saturated carbocycles. The molecule has 1 aliphatic carbocycles. The summed E-state index contributed by atoms with van der Waals surface area (Å²) in [5.74, 6) is -0.951. The van der Waals surface area contributed by atoms with E-state index in [4.69, 9.17) is 16.7 Å². The topological polar surface area (TPSA) is 87.1 Å². The average Bonchev–Trinajstić information content (AvgIpc) is 2.69. The van der Waals surface area contributed by atoms with Crippen LogP contribution in [0, 0.1) is 0 Å². The number of nitrogens with one attached hydrogen (secondary N) is 2. The summed E-state index contributed by atoms with van der Waals surface area (Å²) in [6.45, 7) is -0.360. The molecule has 0 atom stereocenters. The smallest absolute Gasteiger partial charge is 0.416 e. The lowest BCUT2D eigenvalue weighted by Gasteiger charge is -2.16. The number of aliphatic carboxylic acids is 1. The molecular formula is C20H18ClF3N4O2. The van der Waals surface area contributed by atoms with E-state index in [0.29, 0.717) is 24.2 Å². The summed E-state index contributed by atoms with van der Waals surface area (Å²) in [6, 6.07) is 4.82. The van der Waals surface area contributed by atoms with Crippen LogP contribution >= 0.6 is 11.6 Å². The second-order valence-corrected chi connectivity index (χ2v) is 7.11. The summed E-state index contributed by atoms with van der Waals surface area (Å²) in [5.41, 5.74) is 1.45. The number of halogens is 4. The molecule has 2 aromatic rings. The van der Waals surface area contributed by atoms with Crippen molar-refractivity contribution in [3.63, 3.8) is 0 Å². The molecule has 0 radical (unpaired) electrons. The average molecular weight is 439 g/mol. The molecule has 3 N–H and O–H groups in total. The fraction of sp³-hybridized carbons (Fsp3) is 0.250. The predicted molar refractivity (Wildman–Crippen MR) is 108 cm³/mol. The van der Waals surface area contributed by atoms with E-state index in [1.807, 2.05) is 6.08 Å². The Hall–Kier alpha value is -3.07. The van der Waals surface area contributed by atoms with E-state index in [9.17, 15) is 18.0 Å². The van der Waals surface area contributed by atoms with Crippen LogP contribution < -0.4 is 10.6 Å². The summed E-state index contributed by atoms with van der Waals surface area (Å²) in [4.78, 5) is 19.2. The number of hydrogen-bond donors (Lipinski definition) is 3. The van der Waals surface area contributed by atoms with E-state index in [2.05, 4.69) is 20.6 Å². The number of rotatable bonds is 7. The lowest BCUT2D eigenvalue weighted by molar-refractivity contribution is -0.137. The number of nitrogens with zero attached hydrogens (tertiary/aromatic N) is 2. The number of hydrogen-bond acceptors (Lipinski definition) is 5. The Kier molecular flexibility index (Phi) is 6.61. The second kappa shape index (κ2) is 9.17. The van der Waals surface area contributed by atoms with Crippen LogP contribution in [-0.2, 0) is 17.4 Å². The molecule has 0 amide bonds. The van der Waals surface area contributed by atoms with Crippen molar-refractivity contribution >= 4 is 34.9 Å². The maximum Gasteiger partial charge on any atom is 0.416 e. The summed E-state index contributed by atoms with van der Waals surface area (Å²) >= 11 is 5.99. The fourth-order valence-corrected chi connectivity index (χ4v) is 3.00. The number of carboxylic acid groups (broad SMARTS) is 1. The van der Waals surface area contributed by atoms with E-state index in [1.165, 1.54) is 18.3 Å². The first kappa shape index (κ1) is 21.6. The van der Waals surface area contributed by atoms with Crippen LogP contribution in [0.1, 0.15) is 24.1 Å². The molecule has 3 rings (SSSR count). The minimum Gasteiger partial charge on any atom is -0.480 e. The highest BCUT2D eigenvalue weighted by Crippen LogP contribution is 2.32. The Morgan fingerprint density at radius 1 is 1.23 bits per heavy atom. The quantitative estimate of drug-likeness (QED) is 0.556. The molecule has 30 heavy (non-hydrogen) atoms. The molecule has 0 unspecified atom stereocenters. The van der Waals surface area contributed by atoms with Gasteiger partial charge in [0.1, 0.15) is 6.54 Å². The van der Waals surface area contributed by atoms with Gasteiger partial charge in [0, 0.05) is 17.1 Å². The number of allylic oxidation sites excluding steroid dienone is 4. The highest BCUT2D eigenvalue weighted by molar-refractivity contribution is 6.29. The van der Waals surface area contributed by atoms with Gasteiger partial charge in [-0.25, -0.2) is 9.97 Å². The van der Waals surface area contributed by atoms with E-state index >= 15 is 0 Å². The minimum absolute atomic E-state index is 0.118. The standard InChI is InChI=1S/C20H18ClF3N4O2/c21-14-6-4-12(5-7-14)8-16-17(10-25-19(28-16)26-11-18(29)30)27-15-3-1-2-13(9-15)20(22,23)24/h1-4,6,9-10,27H,5,7-8,11H2,(H,29,30)(H,25,26,28). The molecule has 1 heterocycles. The molecule has 0 aliphatic heterocycles. The van der Waals surface area contributed by atoms with Gasteiger partial charge in [-0.1, -0.05) is 29.3 Å². The molecule has 10 heteroatoms. The maximum atomic E-state index is 13.0. The first-order chi connectivity index (χ1) is 14.2. The SMILES string of the molecule is O=C(O)CNc1ncc(Nc2cccc(C(F)(F)F)c2)c(CC2=CC=C(Cl)CC2)n1. The van der Waals surface area contributed by atoms with E-state index in [1.54, 1.807) is 6.08 Å². The van der Waals surface area contributed by atoms with Crippen LogP contribution in [0.2, 0.25) is 0 Å². The van der Waals surface area contributed by atoms with Crippen molar-refractivity contribution in [2.75, 3.05) is 17.2 Å². The Balaban J connectivity index is 1.89. The third-order valence-electron chi connectivity index (χ3n) is 4.31. The van der Waals surface area contributed by atoms with Crippen molar-refractivity contribution in [1.29, 1.82) is 0 Å². The van der Waals surface area contributed by atoms with Gasteiger partial charge in [-0.2, -0.15) is 13.2 Å². The first-order valence-electron chi connectivity index (χ1n) is 9.00. The number of carbonyl (C=O) groups is 1. The van der Waals surface area contributed by atoms with Gasteiger partial charge in [0.2, 0.25) is 5.95 Å². The number of anilines is 3. The van der Waals surface area contributed by atoms with Crippen LogP contribution in [0.15, 0.2) is 53.2 Å². The van der Waals surface area contributed by atoms with E-state index < -0.39 is 17.7 Å². The number of aromatic nitrogens is 2. The molecule has 0 saturated heterocycles. The molecule has 1 aliphatic rings. The van der Waals surface area contributed by atoms with Crippen molar-refractivity contribution in [1.82, 2.24) is 9.97 Å². The highest BCUT2D eigenvalue weighted by Gasteiger charge is 2.30. The normalized spacial score (nSPS) is 14.0. The molecule has 158 valence electrons.